The highest BCUT2D eigenvalue weighted by atomic mass is 32.1. The van der Waals surface area contributed by atoms with Gasteiger partial charge in [-0.05, 0) is 29.6 Å². The van der Waals surface area contributed by atoms with Gasteiger partial charge in [-0.3, -0.25) is 24.1 Å². The summed E-state index contributed by atoms with van der Waals surface area (Å²) in [5.41, 5.74) is 0.513. The number of thiophene rings is 1. The zero-order chi connectivity index (χ0) is 20.5. The van der Waals surface area contributed by atoms with Gasteiger partial charge >= 0.3 is 17.8 Å². The molecule has 2 aliphatic heterocycles. The third-order valence-electron chi connectivity index (χ3n) is 4.53. The molecule has 1 N–H and O–H groups in total. The Hall–Kier alpha value is -3.53. The van der Waals surface area contributed by atoms with Crippen LogP contribution in [-0.2, 0) is 20.8 Å². The summed E-state index contributed by atoms with van der Waals surface area (Å²) >= 11 is 1.49. The van der Waals surface area contributed by atoms with E-state index in [0.29, 0.717) is 22.8 Å². The van der Waals surface area contributed by atoms with Crippen molar-refractivity contribution < 1.29 is 28.7 Å². The summed E-state index contributed by atoms with van der Waals surface area (Å²) in [6.45, 7) is -0.607. The average molecular weight is 413 g/mol. The summed E-state index contributed by atoms with van der Waals surface area (Å²) in [7, 11) is 0. The van der Waals surface area contributed by atoms with Crippen molar-refractivity contribution in [3.05, 3.63) is 46.2 Å². The molecule has 0 saturated carbocycles. The van der Waals surface area contributed by atoms with Crippen molar-refractivity contribution in [1.29, 1.82) is 0 Å². The fourth-order valence-electron chi connectivity index (χ4n) is 3.06. The largest absolute Gasteiger partial charge is 0.482 e. The molecular formula is C19H15N3O6S. The number of ether oxygens (including phenoxy) is 1. The molecule has 0 aliphatic carbocycles. The van der Waals surface area contributed by atoms with Crippen LogP contribution in [0.25, 0.3) is 0 Å². The second kappa shape index (κ2) is 7.47. The fraction of sp³-hybridized carbons (Fsp3) is 0.211. The molecule has 10 heteroatoms. The van der Waals surface area contributed by atoms with Crippen LogP contribution >= 0.6 is 11.3 Å². The molecular weight excluding hydrogens is 398 g/mol. The monoisotopic (exact) mass is 413 g/mol. The van der Waals surface area contributed by atoms with Gasteiger partial charge in [-0.2, -0.15) is 0 Å². The van der Waals surface area contributed by atoms with Gasteiger partial charge in [0, 0.05) is 23.4 Å². The first-order chi connectivity index (χ1) is 13.9. The van der Waals surface area contributed by atoms with Crippen LogP contribution in [0.15, 0.2) is 35.7 Å². The van der Waals surface area contributed by atoms with E-state index >= 15 is 0 Å². The Morgan fingerprint density at radius 3 is 2.66 bits per heavy atom. The van der Waals surface area contributed by atoms with E-state index in [-0.39, 0.29) is 24.6 Å². The molecule has 0 radical (unpaired) electrons. The number of benzene rings is 1. The van der Waals surface area contributed by atoms with Gasteiger partial charge in [0.05, 0.1) is 12.2 Å². The first-order valence-electron chi connectivity index (χ1n) is 8.73. The molecule has 0 bridgehead atoms. The van der Waals surface area contributed by atoms with E-state index in [4.69, 9.17) is 4.74 Å². The minimum atomic E-state index is -1.02. The number of carbonyl (C=O) groups excluding carboxylic acids is 5. The van der Waals surface area contributed by atoms with E-state index in [2.05, 4.69) is 5.32 Å². The minimum Gasteiger partial charge on any atom is -0.482 e. The molecule has 1 aromatic carbocycles. The second-order valence-electron chi connectivity index (χ2n) is 6.43. The lowest BCUT2D eigenvalue weighted by Crippen LogP contribution is -2.37. The average Bonchev–Trinajstić information content (AvgIpc) is 3.29. The molecule has 1 saturated heterocycles. The van der Waals surface area contributed by atoms with Crippen molar-refractivity contribution in [3.63, 3.8) is 0 Å². The number of hydrogen-bond donors (Lipinski definition) is 1. The van der Waals surface area contributed by atoms with Crippen molar-refractivity contribution in [3.8, 4) is 5.75 Å². The molecule has 1 aromatic heterocycles. The van der Waals surface area contributed by atoms with Crippen molar-refractivity contribution in [2.75, 3.05) is 25.0 Å². The molecule has 9 nitrogen and oxygen atoms in total. The van der Waals surface area contributed by atoms with Crippen LogP contribution in [0.5, 0.6) is 5.75 Å². The van der Waals surface area contributed by atoms with Crippen LogP contribution in [0.1, 0.15) is 15.2 Å². The number of anilines is 1. The number of ketones is 1. The van der Waals surface area contributed by atoms with E-state index in [9.17, 15) is 24.0 Å². The highest BCUT2D eigenvalue weighted by Crippen LogP contribution is 2.29. The predicted octanol–water partition coefficient (Wildman–Crippen LogP) is 1.30. The summed E-state index contributed by atoms with van der Waals surface area (Å²) in [6, 6.07) is 7.33. The molecule has 0 unspecified atom stereocenters. The standard InChI is InChI=1S/C19H15N3O6S/c23-14(11-3-4-15-13(8-11)20-16(24)10-28-15)9-22-18(26)17(25)21(19(22)27)6-5-12-2-1-7-29-12/h1-4,7-8H,5-6,9-10H2,(H,20,24). The van der Waals surface area contributed by atoms with Gasteiger partial charge in [0.25, 0.3) is 5.91 Å². The van der Waals surface area contributed by atoms with Gasteiger partial charge in [0.15, 0.2) is 12.4 Å². The SMILES string of the molecule is O=C1COc2ccc(C(=O)CN3C(=O)C(=O)N(CCc4cccs4)C3=O)cc2N1. The Bertz CT molecular complexity index is 1030. The van der Waals surface area contributed by atoms with Gasteiger partial charge in [-0.15, -0.1) is 11.3 Å². The molecule has 1 fully saturated rings. The van der Waals surface area contributed by atoms with E-state index in [1.165, 1.54) is 29.5 Å². The summed E-state index contributed by atoms with van der Waals surface area (Å²) in [5, 5.41) is 4.47. The maximum absolute atomic E-state index is 12.6. The smallest absolute Gasteiger partial charge is 0.334 e. The molecule has 2 aromatic rings. The number of urea groups is 1. The minimum absolute atomic E-state index is 0.0663. The van der Waals surface area contributed by atoms with Crippen LogP contribution in [-0.4, -0.2) is 59.0 Å². The summed E-state index contributed by atoms with van der Waals surface area (Å²) < 4.78 is 5.23. The fourth-order valence-corrected chi connectivity index (χ4v) is 3.75. The molecule has 0 atom stereocenters. The Morgan fingerprint density at radius 2 is 1.90 bits per heavy atom. The maximum Gasteiger partial charge on any atom is 0.334 e. The van der Waals surface area contributed by atoms with Crippen molar-refractivity contribution in [1.82, 2.24) is 9.80 Å². The van der Waals surface area contributed by atoms with Crippen LogP contribution in [0.4, 0.5) is 10.5 Å². The number of imide groups is 2. The number of carbonyl (C=O) groups is 5. The topological polar surface area (TPSA) is 113 Å². The third-order valence-corrected chi connectivity index (χ3v) is 5.47. The molecule has 3 heterocycles. The Morgan fingerprint density at radius 1 is 1.10 bits per heavy atom. The molecule has 4 rings (SSSR count). The number of fused-ring (bicyclic) bond motifs is 1. The van der Waals surface area contributed by atoms with Crippen LogP contribution in [0.3, 0.4) is 0 Å². The summed E-state index contributed by atoms with van der Waals surface area (Å²) in [6.07, 6.45) is 0.439. The zero-order valence-electron chi connectivity index (χ0n) is 15.0. The van der Waals surface area contributed by atoms with Gasteiger partial charge < -0.3 is 10.1 Å². The molecule has 29 heavy (non-hydrogen) atoms. The molecule has 0 spiro atoms. The van der Waals surface area contributed by atoms with Crippen molar-refractivity contribution >= 4 is 46.6 Å². The van der Waals surface area contributed by atoms with E-state index in [0.717, 1.165) is 9.78 Å². The van der Waals surface area contributed by atoms with Crippen molar-refractivity contribution in [2.24, 2.45) is 0 Å². The first-order valence-corrected chi connectivity index (χ1v) is 9.61. The number of nitrogens with one attached hydrogen (secondary N) is 1. The lowest BCUT2D eigenvalue weighted by Gasteiger charge is -2.19. The molecule has 148 valence electrons. The number of amides is 5. The van der Waals surface area contributed by atoms with E-state index < -0.39 is 30.2 Å². The van der Waals surface area contributed by atoms with Crippen LogP contribution in [0.2, 0.25) is 0 Å². The molecule has 5 amide bonds. The zero-order valence-corrected chi connectivity index (χ0v) is 15.9. The van der Waals surface area contributed by atoms with Crippen LogP contribution in [0, 0.1) is 0 Å². The normalized spacial score (nSPS) is 16.0. The summed E-state index contributed by atoms with van der Waals surface area (Å²) in [5.74, 6) is -2.43. The highest BCUT2D eigenvalue weighted by Gasteiger charge is 2.44. The second-order valence-corrected chi connectivity index (χ2v) is 7.46. The number of hydrogen-bond acceptors (Lipinski definition) is 7. The first kappa shape index (κ1) is 18.8. The lowest BCUT2D eigenvalue weighted by atomic mass is 10.1. The predicted molar refractivity (Wildman–Crippen MR) is 102 cm³/mol. The van der Waals surface area contributed by atoms with E-state index in [1.807, 2.05) is 17.5 Å². The van der Waals surface area contributed by atoms with Gasteiger partial charge in [-0.1, -0.05) is 6.07 Å². The Kier molecular flexibility index (Phi) is 4.85. The van der Waals surface area contributed by atoms with Crippen LogP contribution < -0.4 is 10.1 Å². The van der Waals surface area contributed by atoms with Gasteiger partial charge in [0.2, 0.25) is 0 Å². The number of rotatable bonds is 6. The highest BCUT2D eigenvalue weighted by molar-refractivity contribution is 7.09. The maximum atomic E-state index is 12.6. The summed E-state index contributed by atoms with van der Waals surface area (Å²) in [4.78, 5) is 63.4. The van der Waals surface area contributed by atoms with Gasteiger partial charge in [0.1, 0.15) is 5.75 Å². The van der Waals surface area contributed by atoms with Gasteiger partial charge in [-0.25, -0.2) is 9.69 Å². The molecule has 2 aliphatic rings. The quantitative estimate of drug-likeness (QED) is 0.434. The van der Waals surface area contributed by atoms with E-state index in [1.54, 1.807) is 0 Å². The van der Waals surface area contributed by atoms with Crippen molar-refractivity contribution in [2.45, 2.75) is 6.42 Å². The number of nitrogens with zero attached hydrogens (tertiary/aromatic N) is 2. The third kappa shape index (κ3) is 3.61. The Labute approximate surface area is 168 Å². The number of Topliss-reactive ketones (excluding diaryl/α,β-unsaturated/α-hetero) is 1. The Balaban J connectivity index is 1.46. The lowest BCUT2D eigenvalue weighted by molar-refractivity contribution is -0.143.